The van der Waals surface area contributed by atoms with Crippen molar-refractivity contribution in [1.82, 2.24) is 9.88 Å². The molecule has 7 nitrogen and oxygen atoms in total. The summed E-state index contributed by atoms with van der Waals surface area (Å²) in [5.41, 5.74) is 13.0. The van der Waals surface area contributed by atoms with Gasteiger partial charge in [-0.1, -0.05) is 81.5 Å². The Labute approximate surface area is 308 Å². The number of aliphatic hydroxyl groups excluding tert-OH is 1. The summed E-state index contributed by atoms with van der Waals surface area (Å²) < 4.78 is 15.3. The highest BCUT2D eigenvalue weighted by molar-refractivity contribution is 5.88. The fourth-order valence-electron chi connectivity index (χ4n) is 7.88. The van der Waals surface area contributed by atoms with Crippen LogP contribution < -0.4 is 15.8 Å². The van der Waals surface area contributed by atoms with Gasteiger partial charge < -0.3 is 35.3 Å². The SMILES string of the molecule is CC(C)CC[C@H]1CC[C@H]2C[C@H](O)CCc3ccc(O)c(c3)OCc3cc(Cc4ccccc4)cc4cn(cc34)C3=C(CO2)C(=CC(N)N3)C#C[C@@H]1C. The van der Waals surface area contributed by atoms with Gasteiger partial charge >= 0.3 is 0 Å². The molecule has 1 unspecified atom stereocenters. The number of nitrogens with one attached hydrogen (secondary N) is 1. The minimum Gasteiger partial charge on any atom is -0.504 e. The first-order chi connectivity index (χ1) is 25.2. The Hall–Kier alpha value is -4.48. The lowest BCUT2D eigenvalue weighted by molar-refractivity contribution is 0.0139. The number of benzene rings is 3. The van der Waals surface area contributed by atoms with Crippen LogP contribution in [0.1, 0.15) is 81.5 Å². The Morgan fingerprint density at radius 1 is 1.00 bits per heavy atom. The normalized spacial score (nSPS) is 23.9. The third kappa shape index (κ3) is 8.58. The van der Waals surface area contributed by atoms with Gasteiger partial charge in [0.1, 0.15) is 12.4 Å². The molecule has 7 rings (SSSR count). The van der Waals surface area contributed by atoms with Gasteiger partial charge in [-0.2, -0.15) is 0 Å². The lowest BCUT2D eigenvalue weighted by Gasteiger charge is -2.28. The molecule has 3 aliphatic heterocycles. The number of aliphatic hydroxyl groups is 1. The second-order valence-corrected chi connectivity index (χ2v) is 15.5. The summed E-state index contributed by atoms with van der Waals surface area (Å²) in [6.07, 6.45) is 11.9. The van der Waals surface area contributed by atoms with Crippen molar-refractivity contribution in [3.8, 4) is 23.3 Å². The van der Waals surface area contributed by atoms with Crippen LogP contribution >= 0.6 is 0 Å². The second kappa shape index (κ2) is 16.0. The quantitative estimate of drug-likeness (QED) is 0.157. The third-order valence-corrected chi connectivity index (χ3v) is 11.0. The molecule has 0 spiro atoms. The second-order valence-electron chi connectivity index (χ2n) is 15.5. The highest BCUT2D eigenvalue weighted by Gasteiger charge is 2.27. The maximum absolute atomic E-state index is 11.4. The summed E-state index contributed by atoms with van der Waals surface area (Å²) in [5.74, 6) is 9.87. The van der Waals surface area contributed by atoms with Gasteiger partial charge in [-0.3, -0.25) is 0 Å². The van der Waals surface area contributed by atoms with Crippen molar-refractivity contribution in [1.29, 1.82) is 0 Å². The number of aromatic hydroxyl groups is 1. The number of hydrogen-bond acceptors (Lipinski definition) is 6. The summed E-state index contributed by atoms with van der Waals surface area (Å²) in [4.78, 5) is 0. The molecular weight excluding hydrogens is 647 g/mol. The number of nitrogens with two attached hydrogens (primary N) is 1. The number of phenolic OH excluding ortho intramolecular Hbond substituents is 1. The van der Waals surface area contributed by atoms with Crippen LogP contribution in [0.2, 0.25) is 0 Å². The number of aryl methyl sites for hydroxylation is 1. The molecule has 6 bridgehead atoms. The lowest BCUT2D eigenvalue weighted by atomic mass is 9.83. The molecule has 5 N–H and O–H groups in total. The van der Waals surface area contributed by atoms with Gasteiger partial charge in [0, 0.05) is 40.2 Å². The van der Waals surface area contributed by atoms with Crippen LogP contribution in [0, 0.1) is 29.6 Å². The first kappa shape index (κ1) is 35.9. The number of phenols is 1. The topological polar surface area (TPSA) is 102 Å². The van der Waals surface area contributed by atoms with E-state index in [1.54, 1.807) is 6.07 Å². The average Bonchev–Trinajstić information content (AvgIpc) is 3.55. The van der Waals surface area contributed by atoms with Gasteiger partial charge in [0.25, 0.3) is 0 Å². The molecule has 0 saturated carbocycles. The molecule has 3 aromatic carbocycles. The first-order valence-corrected chi connectivity index (χ1v) is 19.1. The maximum atomic E-state index is 11.4. The van der Waals surface area contributed by atoms with E-state index in [0.29, 0.717) is 43.5 Å². The van der Waals surface area contributed by atoms with Crippen molar-refractivity contribution in [3.63, 3.8) is 0 Å². The zero-order chi connectivity index (χ0) is 36.2. The average molecular weight is 700 g/mol. The summed E-state index contributed by atoms with van der Waals surface area (Å²) in [7, 11) is 0. The molecule has 0 radical (unpaired) electrons. The van der Waals surface area contributed by atoms with Crippen molar-refractivity contribution < 1.29 is 19.7 Å². The van der Waals surface area contributed by atoms with Gasteiger partial charge in [-0.25, -0.2) is 0 Å². The van der Waals surface area contributed by atoms with Crippen molar-refractivity contribution in [2.75, 3.05) is 6.61 Å². The number of ether oxygens (including phenoxy) is 2. The van der Waals surface area contributed by atoms with Crippen LogP contribution in [0.3, 0.4) is 0 Å². The number of aromatic nitrogens is 1. The molecule has 1 aromatic heterocycles. The van der Waals surface area contributed by atoms with E-state index < -0.39 is 12.3 Å². The van der Waals surface area contributed by atoms with E-state index in [2.05, 4.69) is 91.3 Å². The molecule has 4 heterocycles. The van der Waals surface area contributed by atoms with Crippen LogP contribution in [0.25, 0.3) is 16.6 Å². The van der Waals surface area contributed by atoms with Crippen molar-refractivity contribution in [3.05, 3.63) is 113 Å². The summed E-state index contributed by atoms with van der Waals surface area (Å²) in [5, 5.41) is 27.9. The Morgan fingerprint density at radius 2 is 1.85 bits per heavy atom. The third-order valence-electron chi connectivity index (χ3n) is 11.0. The summed E-state index contributed by atoms with van der Waals surface area (Å²) >= 11 is 0. The van der Waals surface area contributed by atoms with Crippen molar-refractivity contribution in [2.24, 2.45) is 23.5 Å². The molecule has 52 heavy (non-hydrogen) atoms. The van der Waals surface area contributed by atoms with E-state index >= 15 is 0 Å². The van der Waals surface area contributed by atoms with E-state index in [4.69, 9.17) is 15.2 Å². The minimum atomic E-state index is -0.538. The number of hydrogen-bond donors (Lipinski definition) is 4. The Morgan fingerprint density at radius 3 is 2.67 bits per heavy atom. The minimum absolute atomic E-state index is 0.101. The molecule has 272 valence electrons. The van der Waals surface area contributed by atoms with E-state index in [1.807, 2.05) is 24.3 Å². The predicted molar refractivity (Wildman–Crippen MR) is 208 cm³/mol. The molecule has 0 amide bonds. The van der Waals surface area contributed by atoms with Gasteiger partial charge in [-0.05, 0) is 103 Å². The highest BCUT2D eigenvalue weighted by atomic mass is 16.5. The molecule has 3 aliphatic rings. The van der Waals surface area contributed by atoms with Crippen LogP contribution in [0.5, 0.6) is 11.5 Å². The fraction of sp³-hybridized carbons (Fsp3) is 0.422. The summed E-state index contributed by atoms with van der Waals surface area (Å²) in [6.45, 7) is 7.45. The fourth-order valence-corrected chi connectivity index (χ4v) is 7.88. The predicted octanol–water partition coefficient (Wildman–Crippen LogP) is 8.07. The van der Waals surface area contributed by atoms with E-state index in [0.717, 1.165) is 71.0 Å². The van der Waals surface area contributed by atoms with Gasteiger partial charge in [0.2, 0.25) is 0 Å². The van der Waals surface area contributed by atoms with Gasteiger partial charge in [0.05, 0.1) is 25.0 Å². The number of rotatable bonds is 5. The molecule has 5 atom stereocenters. The van der Waals surface area contributed by atoms with E-state index in [9.17, 15) is 10.2 Å². The Kier molecular flexibility index (Phi) is 11.1. The number of fused-ring (bicyclic) bond motifs is 6. The molecule has 0 fully saturated rings. The van der Waals surface area contributed by atoms with Gasteiger partial charge in [-0.15, -0.1) is 0 Å². The highest BCUT2D eigenvalue weighted by Crippen LogP contribution is 2.34. The standard InChI is InChI=1S/C45H53N3O4/c1-29(2)9-13-34-15-17-39-24-38(49)16-11-32-12-18-42(50)43(22-32)52-27-37-21-33(19-31-7-5-4-6-8-31)20-36-25-48(26-40(36)37)45-41(28-51-39)35(14-10-30(34)3)23-44(46)47-45/h4-8,12,18,20-23,25-26,29-30,34,38-39,44,47,49-50H,9,11,13,15-17,19,24,27-28,46H2,1-3H3/t30-,34-,38+,39-,44?/m0/s1. The van der Waals surface area contributed by atoms with Crippen LogP contribution in [-0.4, -0.2) is 39.8 Å². The molecule has 0 aliphatic carbocycles. The monoisotopic (exact) mass is 699 g/mol. The lowest BCUT2D eigenvalue weighted by Crippen LogP contribution is -2.40. The Bertz CT molecular complexity index is 2000. The van der Waals surface area contributed by atoms with Gasteiger partial charge in [0.15, 0.2) is 11.5 Å². The van der Waals surface area contributed by atoms with Crippen LogP contribution in [0.4, 0.5) is 0 Å². The molecule has 0 saturated heterocycles. The van der Waals surface area contributed by atoms with E-state index in [-0.39, 0.29) is 24.4 Å². The van der Waals surface area contributed by atoms with Crippen molar-refractivity contribution >= 4 is 16.6 Å². The smallest absolute Gasteiger partial charge is 0.161 e. The maximum Gasteiger partial charge on any atom is 0.161 e. The van der Waals surface area contributed by atoms with Crippen LogP contribution in [0.15, 0.2) is 90.3 Å². The number of dihydropyridines is 1. The molecule has 7 heteroatoms. The zero-order valence-corrected chi connectivity index (χ0v) is 30.8. The van der Waals surface area contributed by atoms with Crippen LogP contribution in [-0.2, 0) is 24.2 Å². The van der Waals surface area contributed by atoms with Crippen molar-refractivity contribution in [2.45, 2.75) is 97.1 Å². The Balaban J connectivity index is 1.36. The largest absolute Gasteiger partial charge is 0.504 e. The number of nitrogens with zero attached hydrogens (tertiary/aromatic N) is 1. The summed E-state index contributed by atoms with van der Waals surface area (Å²) in [6, 6.07) is 20.4. The first-order valence-electron chi connectivity index (χ1n) is 19.1. The van der Waals surface area contributed by atoms with E-state index in [1.165, 1.54) is 11.1 Å². The zero-order valence-electron chi connectivity index (χ0n) is 30.8. The molecular formula is C45H53N3O4. The molecule has 4 aromatic rings.